The first-order chi connectivity index (χ1) is 9.01. The molecule has 0 radical (unpaired) electrons. The van der Waals surface area contributed by atoms with E-state index in [0.29, 0.717) is 13.0 Å². The lowest BCUT2D eigenvalue weighted by Gasteiger charge is -2.13. The molecule has 1 aliphatic rings. The fourth-order valence-corrected chi connectivity index (χ4v) is 2.20. The van der Waals surface area contributed by atoms with Gasteiger partial charge in [-0.25, -0.2) is 0 Å². The van der Waals surface area contributed by atoms with Crippen LogP contribution in [0.4, 0.5) is 0 Å². The van der Waals surface area contributed by atoms with Crippen LogP contribution in [0.2, 0.25) is 0 Å². The number of carbonyl (C=O) groups is 2. The predicted molar refractivity (Wildman–Crippen MR) is 65.2 cm³/mol. The summed E-state index contributed by atoms with van der Waals surface area (Å²) in [7, 11) is 3.17. The van der Waals surface area contributed by atoms with E-state index in [0.717, 1.165) is 0 Å². The van der Waals surface area contributed by atoms with Crippen LogP contribution in [-0.4, -0.2) is 54.7 Å². The summed E-state index contributed by atoms with van der Waals surface area (Å²) in [5.41, 5.74) is 0. The van der Waals surface area contributed by atoms with Crippen molar-refractivity contribution >= 4 is 11.9 Å². The molecule has 0 aliphatic carbocycles. The van der Waals surface area contributed by atoms with Gasteiger partial charge in [-0.2, -0.15) is 0 Å². The van der Waals surface area contributed by atoms with Crippen molar-refractivity contribution in [2.45, 2.75) is 18.5 Å². The van der Waals surface area contributed by atoms with Crippen LogP contribution in [0.15, 0.2) is 16.5 Å². The van der Waals surface area contributed by atoms with Crippen molar-refractivity contribution in [3.63, 3.8) is 0 Å². The van der Waals surface area contributed by atoms with Gasteiger partial charge in [0.2, 0.25) is 0 Å². The molecule has 2 atom stereocenters. The van der Waals surface area contributed by atoms with Crippen LogP contribution in [-0.2, 0) is 4.79 Å². The number of carboxylic acids is 1. The van der Waals surface area contributed by atoms with Crippen molar-refractivity contribution in [1.82, 2.24) is 10.2 Å². The lowest BCUT2D eigenvalue weighted by molar-refractivity contribution is -0.141. The third kappa shape index (κ3) is 2.87. The number of carbonyl (C=O) groups excluding carboxylic acids is 1. The summed E-state index contributed by atoms with van der Waals surface area (Å²) < 4.78 is 9.99. The second-order valence-corrected chi connectivity index (χ2v) is 4.52. The first-order valence-electron chi connectivity index (χ1n) is 5.89. The van der Waals surface area contributed by atoms with E-state index in [9.17, 15) is 9.59 Å². The molecule has 1 amide bonds. The second-order valence-electron chi connectivity index (χ2n) is 4.52. The number of aliphatic carboxylic acids is 1. The van der Waals surface area contributed by atoms with Gasteiger partial charge in [-0.3, -0.25) is 14.5 Å². The number of furan rings is 1. The molecule has 0 aromatic carbocycles. The molecule has 1 fully saturated rings. The number of ether oxygens (including phenoxy) is 1. The first-order valence-corrected chi connectivity index (χ1v) is 5.89. The topological polar surface area (TPSA) is 92.0 Å². The second kappa shape index (κ2) is 5.31. The molecule has 1 saturated heterocycles. The molecule has 7 heteroatoms. The van der Waals surface area contributed by atoms with E-state index in [4.69, 9.17) is 14.3 Å². The molecule has 104 valence electrons. The molecule has 2 N–H and O–H groups in total. The van der Waals surface area contributed by atoms with Gasteiger partial charge in [0.05, 0.1) is 7.11 Å². The Morgan fingerprint density at radius 1 is 1.53 bits per heavy atom. The van der Waals surface area contributed by atoms with Gasteiger partial charge in [0.1, 0.15) is 6.04 Å². The van der Waals surface area contributed by atoms with Crippen LogP contribution in [0.1, 0.15) is 17.0 Å². The molecule has 1 aliphatic heterocycles. The van der Waals surface area contributed by atoms with Gasteiger partial charge in [-0.15, -0.1) is 0 Å². The third-order valence-corrected chi connectivity index (χ3v) is 3.17. The van der Waals surface area contributed by atoms with E-state index >= 15 is 0 Å². The van der Waals surface area contributed by atoms with Gasteiger partial charge >= 0.3 is 5.97 Å². The number of hydrogen-bond donors (Lipinski definition) is 2. The van der Waals surface area contributed by atoms with E-state index < -0.39 is 12.0 Å². The van der Waals surface area contributed by atoms with Gasteiger partial charge in [-0.05, 0) is 19.5 Å². The third-order valence-electron chi connectivity index (χ3n) is 3.17. The van der Waals surface area contributed by atoms with Gasteiger partial charge in [-0.1, -0.05) is 0 Å². The molecule has 2 rings (SSSR count). The van der Waals surface area contributed by atoms with Gasteiger partial charge in [0.15, 0.2) is 5.76 Å². The summed E-state index contributed by atoms with van der Waals surface area (Å²) in [4.78, 5) is 24.6. The van der Waals surface area contributed by atoms with Crippen molar-refractivity contribution in [2.75, 3.05) is 20.7 Å². The Kier molecular flexibility index (Phi) is 3.75. The number of likely N-dealkylation sites (N-methyl/N-ethyl adjacent to an activating group) is 1. The maximum absolute atomic E-state index is 11.9. The molecule has 0 spiro atoms. The number of nitrogens with one attached hydrogen (secondary N) is 1. The summed E-state index contributed by atoms with van der Waals surface area (Å²) in [5, 5.41) is 11.8. The number of likely N-dealkylation sites (tertiary alicyclic amines) is 1. The highest BCUT2D eigenvalue weighted by Gasteiger charge is 2.35. The number of rotatable bonds is 4. The highest BCUT2D eigenvalue weighted by Crippen LogP contribution is 2.18. The number of amides is 1. The molecular formula is C12H16N2O5. The molecule has 19 heavy (non-hydrogen) atoms. The van der Waals surface area contributed by atoms with Crippen LogP contribution in [0, 0.1) is 0 Å². The monoisotopic (exact) mass is 268 g/mol. The van der Waals surface area contributed by atoms with E-state index in [1.54, 1.807) is 18.0 Å². The van der Waals surface area contributed by atoms with E-state index in [1.165, 1.54) is 13.2 Å². The Hall–Kier alpha value is -2.02. The Bertz CT molecular complexity index is 484. The Morgan fingerprint density at radius 3 is 2.79 bits per heavy atom. The van der Waals surface area contributed by atoms with Crippen LogP contribution in [0.25, 0.3) is 0 Å². The highest BCUT2D eigenvalue weighted by molar-refractivity contribution is 5.92. The first kappa shape index (κ1) is 13.4. The molecule has 1 aromatic rings. The van der Waals surface area contributed by atoms with Crippen LogP contribution >= 0.6 is 0 Å². The molecule has 2 heterocycles. The average Bonchev–Trinajstić information content (AvgIpc) is 2.95. The molecular weight excluding hydrogens is 252 g/mol. The molecule has 0 bridgehead atoms. The zero-order chi connectivity index (χ0) is 14.0. The fraction of sp³-hybridized carbons (Fsp3) is 0.500. The zero-order valence-electron chi connectivity index (χ0n) is 10.8. The maximum Gasteiger partial charge on any atom is 0.320 e. The van der Waals surface area contributed by atoms with Crippen LogP contribution in [0.5, 0.6) is 5.95 Å². The van der Waals surface area contributed by atoms with Gasteiger partial charge < -0.3 is 19.6 Å². The van der Waals surface area contributed by atoms with Gasteiger partial charge in [0, 0.05) is 18.7 Å². The van der Waals surface area contributed by atoms with Crippen molar-refractivity contribution in [1.29, 1.82) is 0 Å². The molecule has 7 nitrogen and oxygen atoms in total. The summed E-state index contributed by atoms with van der Waals surface area (Å²) in [6.45, 7) is 0.501. The number of hydrogen-bond acceptors (Lipinski definition) is 5. The quantitative estimate of drug-likeness (QED) is 0.809. The smallest absolute Gasteiger partial charge is 0.320 e. The van der Waals surface area contributed by atoms with Crippen molar-refractivity contribution in [3.05, 3.63) is 17.9 Å². The molecule has 0 unspecified atom stereocenters. The average molecular weight is 268 g/mol. The largest absolute Gasteiger partial charge is 0.480 e. The summed E-state index contributed by atoms with van der Waals surface area (Å²) in [6, 6.07) is 2.31. The SMILES string of the molecule is COc1ccc(C(=O)N[C@@H]2C[C@@H](C(=O)O)N(C)C2)o1. The lowest BCUT2D eigenvalue weighted by Crippen LogP contribution is -2.36. The number of methoxy groups -OCH3 is 1. The van der Waals surface area contributed by atoms with Crippen molar-refractivity contribution in [3.8, 4) is 5.95 Å². The minimum atomic E-state index is -0.876. The summed E-state index contributed by atoms with van der Waals surface area (Å²) in [6.07, 6.45) is 0.384. The maximum atomic E-state index is 11.9. The minimum Gasteiger partial charge on any atom is -0.480 e. The Balaban J connectivity index is 1.95. The Labute approximate surface area is 110 Å². The highest BCUT2D eigenvalue weighted by atomic mass is 16.6. The molecule has 1 aromatic heterocycles. The molecule has 0 saturated carbocycles. The zero-order valence-corrected chi connectivity index (χ0v) is 10.8. The van der Waals surface area contributed by atoms with E-state index in [2.05, 4.69) is 5.32 Å². The predicted octanol–water partition coefficient (Wildman–Crippen LogP) is 0.175. The summed E-state index contributed by atoms with van der Waals surface area (Å²) in [5.74, 6) is -0.831. The lowest BCUT2D eigenvalue weighted by atomic mass is 10.1. The van der Waals surface area contributed by atoms with E-state index in [-0.39, 0.29) is 23.7 Å². The summed E-state index contributed by atoms with van der Waals surface area (Å²) >= 11 is 0. The van der Waals surface area contributed by atoms with Crippen molar-refractivity contribution in [2.24, 2.45) is 0 Å². The fourth-order valence-electron chi connectivity index (χ4n) is 2.20. The number of nitrogens with zero attached hydrogens (tertiary/aromatic N) is 1. The normalized spacial score (nSPS) is 23.3. The van der Waals surface area contributed by atoms with E-state index in [1.807, 2.05) is 0 Å². The van der Waals surface area contributed by atoms with Crippen molar-refractivity contribution < 1.29 is 23.8 Å². The van der Waals surface area contributed by atoms with Crippen LogP contribution < -0.4 is 10.1 Å². The number of carboxylic acid groups (broad SMARTS) is 1. The van der Waals surface area contributed by atoms with Crippen LogP contribution in [0.3, 0.4) is 0 Å². The Morgan fingerprint density at radius 2 is 2.26 bits per heavy atom. The standard InChI is InChI=1S/C12H16N2O5/c1-14-6-7(5-8(14)12(16)17)13-11(15)9-3-4-10(18-2)19-9/h3-4,7-8H,5-6H2,1-2H3,(H,13,15)(H,16,17)/t7-,8+/m1/s1. The minimum absolute atomic E-state index is 0.151. The van der Waals surface area contributed by atoms with Gasteiger partial charge in [0.25, 0.3) is 11.9 Å².